The SMILES string of the molecule is O=C(NCC1CCCO1)c1ccc2c(=O)n(CCC3C=CCCC3)c(=S)[nH]c2c1. The van der Waals surface area contributed by atoms with E-state index in [0.717, 1.165) is 32.3 Å². The number of hydrogen-bond donors (Lipinski definition) is 2. The number of aromatic amines is 1. The fourth-order valence-electron chi connectivity index (χ4n) is 4.13. The molecular formula is C22H27N3O3S. The van der Waals surface area contributed by atoms with Crippen LogP contribution in [0.4, 0.5) is 0 Å². The van der Waals surface area contributed by atoms with Crippen LogP contribution in [0.25, 0.3) is 10.9 Å². The van der Waals surface area contributed by atoms with Crippen molar-refractivity contribution in [2.24, 2.45) is 5.92 Å². The van der Waals surface area contributed by atoms with Crippen LogP contribution in [-0.2, 0) is 11.3 Å². The molecule has 2 aliphatic rings. The number of carbonyl (C=O) groups is 1. The molecular weight excluding hydrogens is 386 g/mol. The fourth-order valence-corrected chi connectivity index (χ4v) is 4.42. The van der Waals surface area contributed by atoms with Gasteiger partial charge in [0.15, 0.2) is 4.77 Å². The number of benzene rings is 1. The van der Waals surface area contributed by atoms with Gasteiger partial charge in [0.25, 0.3) is 11.5 Å². The van der Waals surface area contributed by atoms with E-state index in [1.807, 2.05) is 0 Å². The van der Waals surface area contributed by atoms with E-state index < -0.39 is 0 Å². The lowest BCUT2D eigenvalue weighted by Crippen LogP contribution is -2.31. The molecule has 1 aromatic carbocycles. The van der Waals surface area contributed by atoms with Crippen molar-refractivity contribution in [1.29, 1.82) is 0 Å². The van der Waals surface area contributed by atoms with Crippen LogP contribution in [0.5, 0.6) is 0 Å². The average molecular weight is 414 g/mol. The molecule has 0 radical (unpaired) electrons. The van der Waals surface area contributed by atoms with Gasteiger partial charge in [-0.25, -0.2) is 0 Å². The second-order valence-corrected chi connectivity index (χ2v) is 8.29. The zero-order valence-electron chi connectivity index (χ0n) is 16.5. The van der Waals surface area contributed by atoms with Gasteiger partial charge in [-0.3, -0.25) is 14.2 Å². The lowest BCUT2D eigenvalue weighted by molar-refractivity contribution is 0.0858. The van der Waals surface area contributed by atoms with Crippen LogP contribution >= 0.6 is 12.2 Å². The number of nitrogens with zero attached hydrogens (tertiary/aromatic N) is 1. The summed E-state index contributed by atoms with van der Waals surface area (Å²) in [5, 5.41) is 3.46. The molecule has 29 heavy (non-hydrogen) atoms. The summed E-state index contributed by atoms with van der Waals surface area (Å²) in [6, 6.07) is 5.10. The normalized spacial score (nSPS) is 21.5. The summed E-state index contributed by atoms with van der Waals surface area (Å²) in [6.07, 6.45) is 11.0. The van der Waals surface area contributed by atoms with Crippen molar-refractivity contribution in [2.75, 3.05) is 13.2 Å². The van der Waals surface area contributed by atoms with E-state index in [9.17, 15) is 9.59 Å². The lowest BCUT2D eigenvalue weighted by atomic mass is 9.93. The molecule has 1 fully saturated rings. The molecule has 6 nitrogen and oxygen atoms in total. The molecule has 1 amide bonds. The van der Waals surface area contributed by atoms with E-state index in [4.69, 9.17) is 17.0 Å². The van der Waals surface area contributed by atoms with Crippen molar-refractivity contribution in [1.82, 2.24) is 14.9 Å². The monoisotopic (exact) mass is 413 g/mol. The molecule has 7 heteroatoms. The molecule has 0 spiro atoms. The number of H-pyrrole nitrogens is 1. The Hall–Kier alpha value is -2.25. The van der Waals surface area contributed by atoms with Crippen LogP contribution < -0.4 is 10.9 Å². The number of ether oxygens (including phenoxy) is 1. The Morgan fingerprint density at radius 1 is 1.31 bits per heavy atom. The summed E-state index contributed by atoms with van der Waals surface area (Å²) < 4.78 is 7.58. The summed E-state index contributed by atoms with van der Waals surface area (Å²) >= 11 is 5.44. The predicted molar refractivity (Wildman–Crippen MR) is 116 cm³/mol. The number of hydrogen-bond acceptors (Lipinski definition) is 4. The highest BCUT2D eigenvalue weighted by Gasteiger charge is 2.17. The Labute approximate surface area is 175 Å². The van der Waals surface area contributed by atoms with Gasteiger partial charge in [0.1, 0.15) is 0 Å². The van der Waals surface area contributed by atoms with Crippen molar-refractivity contribution in [3.8, 4) is 0 Å². The topological polar surface area (TPSA) is 76.1 Å². The maximum absolute atomic E-state index is 12.9. The molecule has 2 heterocycles. The number of fused-ring (bicyclic) bond motifs is 1. The quantitative estimate of drug-likeness (QED) is 0.559. The van der Waals surface area contributed by atoms with Crippen molar-refractivity contribution < 1.29 is 9.53 Å². The minimum absolute atomic E-state index is 0.0939. The predicted octanol–water partition coefficient (Wildman–Crippen LogP) is 3.71. The minimum atomic E-state index is -0.171. The average Bonchev–Trinajstić information content (AvgIpc) is 3.26. The zero-order chi connectivity index (χ0) is 20.2. The fraction of sp³-hybridized carbons (Fsp3) is 0.500. The summed E-state index contributed by atoms with van der Waals surface area (Å²) in [5.74, 6) is 0.339. The van der Waals surface area contributed by atoms with Crippen molar-refractivity contribution in [2.45, 2.75) is 51.2 Å². The number of aromatic nitrogens is 2. The lowest BCUT2D eigenvalue weighted by Gasteiger charge is -2.17. The van der Waals surface area contributed by atoms with Gasteiger partial charge in [-0.2, -0.15) is 0 Å². The minimum Gasteiger partial charge on any atom is -0.376 e. The van der Waals surface area contributed by atoms with Gasteiger partial charge in [-0.05, 0) is 74.9 Å². The van der Waals surface area contributed by atoms with Crippen LogP contribution in [0.2, 0.25) is 0 Å². The van der Waals surface area contributed by atoms with Crippen LogP contribution in [0.15, 0.2) is 35.1 Å². The van der Waals surface area contributed by atoms with Gasteiger partial charge in [-0.15, -0.1) is 0 Å². The molecule has 154 valence electrons. The van der Waals surface area contributed by atoms with E-state index >= 15 is 0 Å². The standard InChI is InChI=1S/C22H27N3O3S/c26-20(23-14-17-7-4-12-28-17)16-8-9-18-19(13-16)24-22(29)25(21(18)27)11-10-15-5-2-1-3-6-15/h2,5,8-9,13,15,17H,1,3-4,6-7,10-12,14H2,(H,23,26)(H,24,29). The number of nitrogens with one attached hydrogen (secondary N) is 2. The van der Waals surface area contributed by atoms with Gasteiger partial charge in [-0.1, -0.05) is 12.2 Å². The third-order valence-corrected chi connectivity index (χ3v) is 6.16. The second kappa shape index (κ2) is 9.05. The molecule has 4 rings (SSSR count). The summed E-state index contributed by atoms with van der Waals surface area (Å²) in [6.45, 7) is 1.86. The Bertz CT molecular complexity index is 1030. The van der Waals surface area contributed by atoms with Crippen molar-refractivity contribution >= 4 is 29.0 Å². The molecule has 0 saturated carbocycles. The number of rotatable bonds is 6. The largest absolute Gasteiger partial charge is 0.376 e. The van der Waals surface area contributed by atoms with E-state index in [1.54, 1.807) is 22.8 Å². The van der Waals surface area contributed by atoms with Gasteiger partial charge in [0.2, 0.25) is 0 Å². The highest BCUT2D eigenvalue weighted by Crippen LogP contribution is 2.21. The number of carbonyl (C=O) groups excluding carboxylic acids is 1. The Kier molecular flexibility index (Phi) is 6.25. The van der Waals surface area contributed by atoms with Crippen LogP contribution in [0.1, 0.15) is 48.9 Å². The van der Waals surface area contributed by atoms with E-state index in [1.165, 1.54) is 12.8 Å². The first kappa shape index (κ1) is 20.0. The second-order valence-electron chi connectivity index (χ2n) is 7.90. The van der Waals surface area contributed by atoms with E-state index in [2.05, 4.69) is 22.5 Å². The van der Waals surface area contributed by atoms with E-state index in [-0.39, 0.29) is 17.6 Å². The molecule has 2 N–H and O–H groups in total. The summed E-state index contributed by atoms with van der Waals surface area (Å²) in [5.41, 5.74) is 0.999. The van der Waals surface area contributed by atoms with Crippen LogP contribution in [0, 0.1) is 10.7 Å². The van der Waals surface area contributed by atoms with E-state index in [0.29, 0.717) is 40.2 Å². The number of amides is 1. The zero-order valence-corrected chi connectivity index (χ0v) is 17.3. The summed E-state index contributed by atoms with van der Waals surface area (Å²) in [7, 11) is 0. The highest BCUT2D eigenvalue weighted by atomic mass is 32.1. The molecule has 1 aliphatic heterocycles. The van der Waals surface area contributed by atoms with Crippen LogP contribution in [0.3, 0.4) is 0 Å². The first-order chi connectivity index (χ1) is 14.1. The maximum Gasteiger partial charge on any atom is 0.262 e. The maximum atomic E-state index is 12.9. The highest BCUT2D eigenvalue weighted by molar-refractivity contribution is 7.71. The molecule has 2 unspecified atom stereocenters. The molecule has 1 aromatic heterocycles. The molecule has 1 saturated heterocycles. The Morgan fingerprint density at radius 2 is 2.21 bits per heavy atom. The molecule has 2 aromatic rings. The molecule has 2 atom stereocenters. The first-order valence-electron chi connectivity index (χ1n) is 10.4. The number of allylic oxidation sites excluding steroid dienone is 2. The van der Waals surface area contributed by atoms with Gasteiger partial charge in [0.05, 0.1) is 17.0 Å². The van der Waals surface area contributed by atoms with Gasteiger partial charge in [0, 0.05) is 25.3 Å². The van der Waals surface area contributed by atoms with Gasteiger partial charge < -0.3 is 15.0 Å². The Morgan fingerprint density at radius 3 is 2.97 bits per heavy atom. The smallest absolute Gasteiger partial charge is 0.262 e. The van der Waals surface area contributed by atoms with Gasteiger partial charge >= 0.3 is 0 Å². The third kappa shape index (κ3) is 4.67. The Balaban J connectivity index is 1.50. The van der Waals surface area contributed by atoms with Crippen LogP contribution in [-0.4, -0.2) is 34.7 Å². The first-order valence-corrected chi connectivity index (χ1v) is 10.9. The summed E-state index contributed by atoms with van der Waals surface area (Å²) in [4.78, 5) is 28.5. The molecule has 0 bridgehead atoms. The molecule has 1 aliphatic carbocycles. The third-order valence-electron chi connectivity index (χ3n) is 5.84. The van der Waals surface area contributed by atoms with Crippen molar-refractivity contribution in [3.05, 3.63) is 51.0 Å². The van der Waals surface area contributed by atoms with Crippen molar-refractivity contribution in [3.63, 3.8) is 0 Å².